The van der Waals surface area contributed by atoms with E-state index in [0.29, 0.717) is 20.3 Å². The molecule has 0 atom stereocenters. The van der Waals surface area contributed by atoms with Crippen molar-refractivity contribution < 1.29 is 13.6 Å². The van der Waals surface area contributed by atoms with Crippen molar-refractivity contribution in [3.8, 4) is 0 Å². The monoisotopic (exact) mass is 358 g/mol. The molecule has 0 aliphatic heterocycles. The molecule has 3 aromatic rings. The normalized spacial score (nSPS) is 10.9. The van der Waals surface area contributed by atoms with Crippen molar-refractivity contribution in [2.24, 2.45) is 0 Å². The standard InChI is InChI=1S/C14H6Cl2F2N2OS/c15-7-4-5-9-12(10(7)16)22-14(19-9)20-13(21)6-2-1-3-8(17)11(6)18/h1-5H,(H,19,20,21). The number of carbonyl (C=O) groups excluding carboxylic acids is 1. The van der Waals surface area contributed by atoms with E-state index in [4.69, 9.17) is 23.2 Å². The summed E-state index contributed by atoms with van der Waals surface area (Å²) >= 11 is 13.1. The van der Waals surface area contributed by atoms with Crippen LogP contribution in [0.25, 0.3) is 10.2 Å². The number of aromatic nitrogens is 1. The molecule has 8 heteroatoms. The molecule has 1 amide bonds. The Morgan fingerprint density at radius 3 is 2.73 bits per heavy atom. The highest BCUT2D eigenvalue weighted by Gasteiger charge is 2.17. The number of benzene rings is 2. The van der Waals surface area contributed by atoms with Crippen molar-refractivity contribution in [1.82, 2.24) is 4.98 Å². The number of thiazole rings is 1. The second-order valence-electron chi connectivity index (χ2n) is 4.28. The average Bonchev–Trinajstić information content (AvgIpc) is 2.89. The first-order valence-corrected chi connectivity index (χ1v) is 7.54. The highest BCUT2D eigenvalue weighted by atomic mass is 35.5. The molecule has 1 heterocycles. The summed E-state index contributed by atoms with van der Waals surface area (Å²) in [6.07, 6.45) is 0. The minimum absolute atomic E-state index is 0.216. The Bertz CT molecular complexity index is 898. The van der Waals surface area contributed by atoms with E-state index in [-0.39, 0.29) is 5.13 Å². The Morgan fingerprint density at radius 2 is 1.95 bits per heavy atom. The molecule has 1 aromatic heterocycles. The predicted molar refractivity (Wildman–Crippen MR) is 84.0 cm³/mol. The van der Waals surface area contributed by atoms with E-state index < -0.39 is 23.1 Å². The molecule has 0 fully saturated rings. The van der Waals surface area contributed by atoms with Crippen molar-refractivity contribution in [1.29, 1.82) is 0 Å². The van der Waals surface area contributed by atoms with Gasteiger partial charge in [0.2, 0.25) is 0 Å². The van der Waals surface area contributed by atoms with Crippen LogP contribution in [-0.4, -0.2) is 10.9 Å². The third-order valence-electron chi connectivity index (χ3n) is 2.87. The molecule has 1 N–H and O–H groups in total. The Hall–Kier alpha value is -1.76. The van der Waals surface area contributed by atoms with Crippen LogP contribution in [0.4, 0.5) is 13.9 Å². The first kappa shape index (κ1) is 15.1. The quantitative estimate of drug-likeness (QED) is 0.689. The highest BCUT2D eigenvalue weighted by Crippen LogP contribution is 2.36. The van der Waals surface area contributed by atoms with Crippen LogP contribution in [0, 0.1) is 11.6 Å². The summed E-state index contributed by atoms with van der Waals surface area (Å²) in [6.45, 7) is 0. The van der Waals surface area contributed by atoms with Gasteiger partial charge >= 0.3 is 0 Å². The van der Waals surface area contributed by atoms with Crippen molar-refractivity contribution in [2.45, 2.75) is 0 Å². The first-order chi connectivity index (χ1) is 10.5. The molecule has 0 unspecified atom stereocenters. The lowest BCUT2D eigenvalue weighted by Crippen LogP contribution is -2.14. The Labute approximate surface area is 137 Å². The van der Waals surface area contributed by atoms with E-state index in [2.05, 4.69) is 10.3 Å². The van der Waals surface area contributed by atoms with E-state index >= 15 is 0 Å². The Morgan fingerprint density at radius 1 is 1.18 bits per heavy atom. The molecule has 0 spiro atoms. The summed E-state index contributed by atoms with van der Waals surface area (Å²) in [5.41, 5.74) is 0.151. The van der Waals surface area contributed by atoms with Crippen molar-refractivity contribution >= 4 is 55.8 Å². The second-order valence-corrected chi connectivity index (χ2v) is 6.07. The molecule has 0 aliphatic carbocycles. The van der Waals surface area contributed by atoms with Gasteiger partial charge in [-0.25, -0.2) is 13.8 Å². The number of hydrogen-bond donors (Lipinski definition) is 1. The van der Waals surface area contributed by atoms with Crippen LogP contribution in [0.5, 0.6) is 0 Å². The molecule has 0 radical (unpaired) electrons. The molecule has 0 bridgehead atoms. The van der Waals surface area contributed by atoms with E-state index in [1.165, 1.54) is 12.1 Å². The fraction of sp³-hybridized carbons (Fsp3) is 0. The van der Waals surface area contributed by atoms with Crippen LogP contribution < -0.4 is 5.32 Å². The van der Waals surface area contributed by atoms with Gasteiger partial charge in [-0.2, -0.15) is 0 Å². The summed E-state index contributed by atoms with van der Waals surface area (Å²) < 4.78 is 27.3. The van der Waals surface area contributed by atoms with E-state index in [1.807, 2.05) is 0 Å². The number of amides is 1. The summed E-state index contributed by atoms with van der Waals surface area (Å²) in [7, 11) is 0. The van der Waals surface area contributed by atoms with Crippen LogP contribution in [0.1, 0.15) is 10.4 Å². The average molecular weight is 359 g/mol. The summed E-state index contributed by atoms with van der Waals surface area (Å²) in [4.78, 5) is 16.2. The second kappa shape index (κ2) is 5.79. The fourth-order valence-corrected chi connectivity index (χ4v) is 3.22. The zero-order valence-corrected chi connectivity index (χ0v) is 13.0. The maximum atomic E-state index is 13.6. The zero-order valence-electron chi connectivity index (χ0n) is 10.7. The Balaban J connectivity index is 1.94. The third-order valence-corrected chi connectivity index (χ3v) is 4.79. The molecule has 3 rings (SSSR count). The van der Waals surface area contributed by atoms with Crippen molar-refractivity contribution in [3.05, 3.63) is 57.6 Å². The first-order valence-electron chi connectivity index (χ1n) is 5.97. The molecule has 0 saturated carbocycles. The SMILES string of the molecule is O=C(Nc1nc2ccc(Cl)c(Cl)c2s1)c1cccc(F)c1F. The zero-order chi connectivity index (χ0) is 15.9. The van der Waals surface area contributed by atoms with E-state index in [1.54, 1.807) is 12.1 Å². The number of rotatable bonds is 2. The molecule has 0 saturated heterocycles. The molecular formula is C14H6Cl2F2N2OS. The molecule has 3 nitrogen and oxygen atoms in total. The molecular weight excluding hydrogens is 353 g/mol. The van der Waals surface area contributed by atoms with Gasteiger partial charge in [-0.15, -0.1) is 0 Å². The van der Waals surface area contributed by atoms with E-state index in [0.717, 1.165) is 17.4 Å². The number of carbonyl (C=O) groups is 1. The van der Waals surface area contributed by atoms with Gasteiger partial charge in [0, 0.05) is 0 Å². The van der Waals surface area contributed by atoms with Crippen LogP contribution >= 0.6 is 34.5 Å². The van der Waals surface area contributed by atoms with E-state index in [9.17, 15) is 13.6 Å². The minimum Gasteiger partial charge on any atom is -0.298 e. The summed E-state index contributed by atoms with van der Waals surface area (Å²) in [5.74, 6) is -3.09. The summed E-state index contributed by atoms with van der Waals surface area (Å²) in [6, 6.07) is 6.61. The molecule has 22 heavy (non-hydrogen) atoms. The molecule has 0 aliphatic rings. The predicted octanol–water partition coefficient (Wildman–Crippen LogP) is 5.13. The molecule has 2 aromatic carbocycles. The van der Waals surface area contributed by atoms with Crippen molar-refractivity contribution in [2.75, 3.05) is 5.32 Å². The van der Waals surface area contributed by atoms with Crippen LogP contribution in [-0.2, 0) is 0 Å². The van der Waals surface area contributed by atoms with Gasteiger partial charge in [0.25, 0.3) is 5.91 Å². The number of fused-ring (bicyclic) bond motifs is 1. The number of halogens is 4. The maximum absolute atomic E-state index is 13.6. The smallest absolute Gasteiger partial charge is 0.260 e. The Kier molecular flexibility index (Phi) is 3.99. The van der Waals surface area contributed by atoms with Gasteiger partial charge in [-0.3, -0.25) is 10.1 Å². The lowest BCUT2D eigenvalue weighted by molar-refractivity contribution is 0.102. The van der Waals surface area contributed by atoms with Gasteiger partial charge in [0.1, 0.15) is 0 Å². The lowest BCUT2D eigenvalue weighted by atomic mass is 10.2. The molecule has 112 valence electrons. The van der Waals surface area contributed by atoms with Gasteiger partial charge in [0.05, 0.1) is 25.8 Å². The number of anilines is 1. The van der Waals surface area contributed by atoms with Crippen LogP contribution in [0.2, 0.25) is 10.0 Å². The number of hydrogen-bond acceptors (Lipinski definition) is 3. The van der Waals surface area contributed by atoms with Gasteiger partial charge in [-0.05, 0) is 24.3 Å². The lowest BCUT2D eigenvalue weighted by Gasteiger charge is -2.03. The third kappa shape index (κ3) is 2.65. The minimum atomic E-state index is -1.21. The van der Waals surface area contributed by atoms with Crippen LogP contribution in [0.3, 0.4) is 0 Å². The fourth-order valence-electron chi connectivity index (χ4n) is 1.83. The van der Waals surface area contributed by atoms with Crippen LogP contribution in [0.15, 0.2) is 30.3 Å². The van der Waals surface area contributed by atoms with Gasteiger partial charge in [-0.1, -0.05) is 40.6 Å². The highest BCUT2D eigenvalue weighted by molar-refractivity contribution is 7.23. The summed E-state index contributed by atoms with van der Waals surface area (Å²) in [5, 5.41) is 3.33. The number of nitrogens with one attached hydrogen (secondary N) is 1. The maximum Gasteiger partial charge on any atom is 0.260 e. The number of nitrogens with zero attached hydrogens (tertiary/aromatic N) is 1. The van der Waals surface area contributed by atoms with Gasteiger partial charge in [0.15, 0.2) is 16.8 Å². The largest absolute Gasteiger partial charge is 0.298 e. The topological polar surface area (TPSA) is 42.0 Å². The van der Waals surface area contributed by atoms with Gasteiger partial charge < -0.3 is 0 Å². The van der Waals surface area contributed by atoms with Crippen molar-refractivity contribution in [3.63, 3.8) is 0 Å².